The average Bonchev–Trinajstić information content (AvgIpc) is 2.90. The van der Waals surface area contributed by atoms with Crippen molar-refractivity contribution in [3.63, 3.8) is 0 Å². The lowest BCUT2D eigenvalue weighted by Crippen LogP contribution is -2.30. The second-order valence-electron chi connectivity index (χ2n) is 5.34. The van der Waals surface area contributed by atoms with E-state index in [9.17, 15) is 8.78 Å². The van der Waals surface area contributed by atoms with Gasteiger partial charge in [-0.2, -0.15) is 4.98 Å². The second kappa shape index (κ2) is 4.65. The number of fused-ring (bicyclic) bond motifs is 3. The third-order valence-corrected chi connectivity index (χ3v) is 4.00. The molecule has 6 heteroatoms. The van der Waals surface area contributed by atoms with Gasteiger partial charge in [0.2, 0.25) is 5.78 Å². The highest BCUT2D eigenvalue weighted by atomic mass is 19.2. The molecular weight excluding hydrogens is 274 g/mol. The number of halogens is 2. The molecule has 1 aliphatic heterocycles. The van der Waals surface area contributed by atoms with Crippen molar-refractivity contribution in [2.75, 3.05) is 18.0 Å². The Morgan fingerprint density at radius 3 is 2.57 bits per heavy atom. The van der Waals surface area contributed by atoms with Crippen molar-refractivity contribution in [1.29, 1.82) is 0 Å². The molecule has 4 nitrogen and oxygen atoms in total. The quantitative estimate of drug-likeness (QED) is 0.689. The van der Waals surface area contributed by atoms with E-state index in [-0.39, 0.29) is 5.52 Å². The minimum atomic E-state index is -0.919. The summed E-state index contributed by atoms with van der Waals surface area (Å²) in [7, 11) is 0. The third-order valence-electron chi connectivity index (χ3n) is 4.00. The molecule has 3 heterocycles. The zero-order valence-corrected chi connectivity index (χ0v) is 11.4. The summed E-state index contributed by atoms with van der Waals surface area (Å²) in [6, 6.07) is 4.54. The molecular formula is C15H14F2N4. The Labute approximate surface area is 120 Å². The normalized spacial score (nSPS) is 16.0. The van der Waals surface area contributed by atoms with E-state index in [2.05, 4.69) is 14.9 Å². The van der Waals surface area contributed by atoms with E-state index >= 15 is 0 Å². The van der Waals surface area contributed by atoms with Crippen LogP contribution in [0.2, 0.25) is 0 Å². The van der Waals surface area contributed by atoms with Gasteiger partial charge in [0, 0.05) is 19.3 Å². The second-order valence-corrected chi connectivity index (χ2v) is 5.34. The number of benzene rings is 1. The van der Waals surface area contributed by atoms with E-state index in [1.165, 1.54) is 12.5 Å². The van der Waals surface area contributed by atoms with E-state index in [4.69, 9.17) is 0 Å². The van der Waals surface area contributed by atoms with E-state index in [0.29, 0.717) is 11.3 Å². The zero-order valence-electron chi connectivity index (χ0n) is 11.4. The van der Waals surface area contributed by atoms with Crippen molar-refractivity contribution in [1.82, 2.24) is 14.4 Å². The first-order valence-corrected chi connectivity index (χ1v) is 7.12. The molecule has 0 spiro atoms. The smallest absolute Gasteiger partial charge is 0.236 e. The van der Waals surface area contributed by atoms with Gasteiger partial charge in [-0.3, -0.25) is 4.40 Å². The summed E-state index contributed by atoms with van der Waals surface area (Å²) in [5, 5.41) is 0. The van der Waals surface area contributed by atoms with Gasteiger partial charge >= 0.3 is 0 Å². The summed E-state index contributed by atoms with van der Waals surface area (Å²) in [4.78, 5) is 10.8. The molecule has 1 aromatic carbocycles. The number of rotatable bonds is 1. The summed E-state index contributed by atoms with van der Waals surface area (Å²) >= 11 is 0. The highest BCUT2D eigenvalue weighted by Gasteiger charge is 2.16. The minimum Gasteiger partial charge on any atom is -0.356 e. The van der Waals surface area contributed by atoms with Crippen LogP contribution in [0, 0.1) is 11.6 Å². The molecule has 4 rings (SSSR count). The van der Waals surface area contributed by atoms with Crippen molar-refractivity contribution >= 4 is 22.6 Å². The fourth-order valence-corrected chi connectivity index (χ4v) is 2.90. The van der Waals surface area contributed by atoms with Crippen molar-refractivity contribution in [2.45, 2.75) is 19.3 Å². The summed E-state index contributed by atoms with van der Waals surface area (Å²) < 4.78 is 28.8. The average molecular weight is 288 g/mol. The molecule has 21 heavy (non-hydrogen) atoms. The maximum Gasteiger partial charge on any atom is 0.236 e. The van der Waals surface area contributed by atoms with E-state index in [1.807, 2.05) is 12.3 Å². The van der Waals surface area contributed by atoms with Crippen LogP contribution >= 0.6 is 0 Å². The van der Waals surface area contributed by atoms with Gasteiger partial charge in [0.1, 0.15) is 11.3 Å². The van der Waals surface area contributed by atoms with E-state index < -0.39 is 11.6 Å². The number of hydrogen-bond acceptors (Lipinski definition) is 3. The monoisotopic (exact) mass is 288 g/mol. The summed E-state index contributed by atoms with van der Waals surface area (Å²) in [6.07, 6.45) is 5.38. The maximum absolute atomic E-state index is 13.8. The molecule has 1 saturated heterocycles. The van der Waals surface area contributed by atoms with Gasteiger partial charge < -0.3 is 4.90 Å². The van der Waals surface area contributed by atoms with E-state index in [0.717, 1.165) is 37.8 Å². The van der Waals surface area contributed by atoms with Gasteiger partial charge in [0.15, 0.2) is 11.6 Å². The van der Waals surface area contributed by atoms with Crippen molar-refractivity contribution in [3.8, 4) is 0 Å². The lowest BCUT2D eigenvalue weighted by Gasteiger charge is -2.27. The van der Waals surface area contributed by atoms with E-state index in [1.54, 1.807) is 4.40 Å². The SMILES string of the molecule is Fc1ccc2c(nc3nc(N4CCCCC4)ccn32)c1F. The van der Waals surface area contributed by atoms with Crippen molar-refractivity contribution in [3.05, 3.63) is 36.0 Å². The molecule has 0 radical (unpaired) electrons. The molecule has 108 valence electrons. The highest BCUT2D eigenvalue weighted by Crippen LogP contribution is 2.23. The summed E-state index contributed by atoms with van der Waals surface area (Å²) in [5.74, 6) is -0.560. The fourth-order valence-electron chi connectivity index (χ4n) is 2.90. The predicted molar refractivity (Wildman–Crippen MR) is 76.5 cm³/mol. The van der Waals surface area contributed by atoms with Crippen LogP contribution in [-0.4, -0.2) is 27.5 Å². The molecule has 0 N–H and O–H groups in total. The Bertz CT molecular complexity index is 821. The fraction of sp³-hybridized carbons (Fsp3) is 0.333. The predicted octanol–water partition coefficient (Wildman–Crippen LogP) is 3.15. The van der Waals surface area contributed by atoms with Crippen LogP contribution in [0.5, 0.6) is 0 Å². The number of aromatic nitrogens is 3. The molecule has 0 amide bonds. The van der Waals surface area contributed by atoms with Crippen LogP contribution < -0.4 is 4.90 Å². The highest BCUT2D eigenvalue weighted by molar-refractivity contribution is 5.80. The van der Waals surface area contributed by atoms with Gasteiger partial charge in [-0.1, -0.05) is 0 Å². The number of hydrogen-bond donors (Lipinski definition) is 0. The van der Waals surface area contributed by atoms with Gasteiger partial charge in [-0.25, -0.2) is 13.8 Å². The molecule has 1 fully saturated rings. The first-order valence-electron chi connectivity index (χ1n) is 7.12. The number of nitrogens with zero attached hydrogens (tertiary/aromatic N) is 4. The molecule has 0 bridgehead atoms. The Balaban J connectivity index is 1.87. The van der Waals surface area contributed by atoms with Crippen LogP contribution in [0.15, 0.2) is 24.4 Å². The Morgan fingerprint density at radius 2 is 1.76 bits per heavy atom. The number of imidazole rings is 1. The Hall–Kier alpha value is -2.24. The van der Waals surface area contributed by atoms with Gasteiger partial charge in [-0.15, -0.1) is 0 Å². The third kappa shape index (κ3) is 1.93. The molecule has 0 saturated carbocycles. The summed E-state index contributed by atoms with van der Waals surface area (Å²) in [5.41, 5.74) is 0.555. The molecule has 0 unspecified atom stereocenters. The first kappa shape index (κ1) is 12.5. The molecule has 0 aliphatic carbocycles. The molecule has 2 aromatic heterocycles. The molecule has 3 aromatic rings. The van der Waals surface area contributed by atoms with Gasteiger partial charge in [0.25, 0.3) is 0 Å². The molecule has 0 atom stereocenters. The minimum absolute atomic E-state index is 0.0262. The Kier molecular flexibility index (Phi) is 2.77. The number of piperidine rings is 1. The topological polar surface area (TPSA) is 33.4 Å². The Morgan fingerprint density at radius 1 is 0.952 bits per heavy atom. The standard InChI is InChI=1S/C15H14F2N4/c16-10-4-5-11-14(13(10)17)19-15-18-12(6-9-21(11)15)20-7-2-1-3-8-20/h4-6,9H,1-3,7-8H2. The number of anilines is 1. The summed E-state index contributed by atoms with van der Waals surface area (Å²) in [6.45, 7) is 1.96. The van der Waals surface area contributed by atoms with Crippen LogP contribution in [-0.2, 0) is 0 Å². The van der Waals surface area contributed by atoms with Gasteiger partial charge in [-0.05, 0) is 37.5 Å². The van der Waals surface area contributed by atoms with Crippen molar-refractivity contribution < 1.29 is 8.78 Å². The van der Waals surface area contributed by atoms with Crippen LogP contribution in [0.25, 0.3) is 16.8 Å². The largest absolute Gasteiger partial charge is 0.356 e. The van der Waals surface area contributed by atoms with Crippen LogP contribution in [0.4, 0.5) is 14.6 Å². The molecule has 1 aliphatic rings. The lowest BCUT2D eigenvalue weighted by atomic mass is 10.1. The van der Waals surface area contributed by atoms with Crippen LogP contribution in [0.3, 0.4) is 0 Å². The first-order chi connectivity index (χ1) is 10.2. The van der Waals surface area contributed by atoms with Gasteiger partial charge in [0.05, 0.1) is 5.52 Å². The maximum atomic E-state index is 13.8. The lowest BCUT2D eigenvalue weighted by molar-refractivity contribution is 0.515. The zero-order chi connectivity index (χ0) is 14.4. The van der Waals surface area contributed by atoms with Crippen molar-refractivity contribution in [2.24, 2.45) is 0 Å². The van der Waals surface area contributed by atoms with Crippen LogP contribution in [0.1, 0.15) is 19.3 Å².